The van der Waals surface area contributed by atoms with Crippen molar-refractivity contribution in [2.24, 2.45) is 0 Å². The molecular formula is C16H10Cl2F3N3O. The van der Waals surface area contributed by atoms with Crippen LogP contribution in [0.5, 0.6) is 0 Å². The first-order valence-corrected chi connectivity index (χ1v) is 7.74. The molecule has 2 aromatic heterocycles. The molecular weight excluding hydrogens is 378 g/mol. The molecule has 0 radical (unpaired) electrons. The van der Waals surface area contributed by atoms with Crippen LogP contribution in [0.25, 0.3) is 5.65 Å². The van der Waals surface area contributed by atoms with Crippen LogP contribution >= 0.6 is 23.2 Å². The van der Waals surface area contributed by atoms with Crippen molar-refractivity contribution in [1.29, 1.82) is 0 Å². The minimum Gasteiger partial charge on any atom is -0.321 e. The number of carbonyl (C=O) groups is 1. The van der Waals surface area contributed by atoms with Gasteiger partial charge >= 0.3 is 6.18 Å². The summed E-state index contributed by atoms with van der Waals surface area (Å²) in [4.78, 5) is 16.7. The van der Waals surface area contributed by atoms with Crippen molar-refractivity contribution in [3.63, 3.8) is 0 Å². The van der Waals surface area contributed by atoms with Gasteiger partial charge in [-0.25, -0.2) is 4.98 Å². The number of nitrogens with zero attached hydrogens (tertiary/aromatic N) is 2. The van der Waals surface area contributed by atoms with Gasteiger partial charge in [-0.1, -0.05) is 23.2 Å². The Bertz CT molecular complexity index is 983. The second-order valence-electron chi connectivity index (χ2n) is 5.27. The monoisotopic (exact) mass is 387 g/mol. The Morgan fingerprint density at radius 2 is 1.88 bits per heavy atom. The maximum absolute atomic E-state index is 12.9. The number of anilines is 1. The Hall–Kier alpha value is -2.25. The second kappa shape index (κ2) is 6.24. The number of imidazole rings is 1. The lowest BCUT2D eigenvalue weighted by molar-refractivity contribution is -0.137. The summed E-state index contributed by atoms with van der Waals surface area (Å²) in [5, 5.41) is 3.14. The zero-order chi connectivity index (χ0) is 18.4. The van der Waals surface area contributed by atoms with E-state index in [1.165, 1.54) is 24.3 Å². The van der Waals surface area contributed by atoms with E-state index in [1.807, 2.05) is 0 Å². The predicted molar refractivity (Wildman–Crippen MR) is 89.3 cm³/mol. The van der Waals surface area contributed by atoms with Crippen molar-refractivity contribution < 1.29 is 18.0 Å². The van der Waals surface area contributed by atoms with Crippen molar-refractivity contribution in [3.05, 3.63) is 63.5 Å². The maximum atomic E-state index is 12.9. The van der Waals surface area contributed by atoms with Crippen LogP contribution in [0.15, 0.2) is 36.5 Å². The van der Waals surface area contributed by atoms with E-state index in [9.17, 15) is 18.0 Å². The summed E-state index contributed by atoms with van der Waals surface area (Å²) in [5.74, 6) is -0.609. The molecule has 0 unspecified atom stereocenters. The van der Waals surface area contributed by atoms with Gasteiger partial charge in [-0.3, -0.25) is 9.20 Å². The summed E-state index contributed by atoms with van der Waals surface area (Å²) in [5.41, 5.74) is 0.0376. The van der Waals surface area contributed by atoms with Crippen molar-refractivity contribution in [1.82, 2.24) is 9.38 Å². The smallest absolute Gasteiger partial charge is 0.321 e. The summed E-state index contributed by atoms with van der Waals surface area (Å²) in [6.45, 7) is 1.55. The lowest BCUT2D eigenvalue weighted by Crippen LogP contribution is -2.16. The first-order chi connectivity index (χ1) is 11.7. The molecule has 1 N–H and O–H groups in total. The van der Waals surface area contributed by atoms with E-state index in [2.05, 4.69) is 10.3 Å². The molecule has 0 fully saturated rings. The molecule has 3 rings (SSSR count). The number of pyridine rings is 1. The number of hydrogen-bond donors (Lipinski definition) is 1. The zero-order valence-corrected chi connectivity index (χ0v) is 14.2. The van der Waals surface area contributed by atoms with Crippen molar-refractivity contribution in [2.45, 2.75) is 13.1 Å². The van der Waals surface area contributed by atoms with E-state index in [4.69, 9.17) is 23.2 Å². The van der Waals surface area contributed by atoms with Crippen molar-refractivity contribution >= 4 is 40.4 Å². The summed E-state index contributed by atoms with van der Waals surface area (Å²) in [6, 6.07) is 6.62. The lowest BCUT2D eigenvalue weighted by atomic mass is 10.2. The normalized spacial score (nSPS) is 11.8. The number of rotatable bonds is 2. The molecule has 0 bridgehead atoms. The van der Waals surface area contributed by atoms with Gasteiger partial charge in [0.25, 0.3) is 5.91 Å². The molecule has 1 aromatic carbocycles. The first kappa shape index (κ1) is 17.6. The molecule has 130 valence electrons. The van der Waals surface area contributed by atoms with Gasteiger partial charge in [0.05, 0.1) is 21.3 Å². The van der Waals surface area contributed by atoms with Crippen LogP contribution in [0, 0.1) is 6.92 Å². The van der Waals surface area contributed by atoms with E-state index in [-0.39, 0.29) is 16.4 Å². The van der Waals surface area contributed by atoms with E-state index in [1.54, 1.807) is 6.92 Å². The third kappa shape index (κ3) is 3.43. The number of alkyl halides is 3. The minimum atomic E-state index is -4.52. The molecule has 0 saturated heterocycles. The van der Waals surface area contributed by atoms with Crippen LogP contribution in [0.4, 0.5) is 18.9 Å². The molecule has 4 nitrogen and oxygen atoms in total. The molecule has 25 heavy (non-hydrogen) atoms. The minimum absolute atomic E-state index is 0.00664. The zero-order valence-electron chi connectivity index (χ0n) is 12.7. The van der Waals surface area contributed by atoms with E-state index in [0.29, 0.717) is 16.4 Å². The largest absolute Gasteiger partial charge is 0.417 e. The first-order valence-electron chi connectivity index (χ1n) is 6.99. The highest BCUT2D eigenvalue weighted by Gasteiger charge is 2.31. The average molecular weight is 388 g/mol. The molecule has 0 aliphatic heterocycles. The predicted octanol–water partition coefficient (Wildman–Crippen LogP) is 5.22. The number of nitrogens with one attached hydrogen (secondary N) is 1. The van der Waals surface area contributed by atoms with Crippen LogP contribution in [-0.4, -0.2) is 15.3 Å². The fraction of sp³-hybridized carbons (Fsp3) is 0.125. The van der Waals surface area contributed by atoms with Crippen LogP contribution in [-0.2, 0) is 6.18 Å². The number of halogens is 5. The summed E-state index contributed by atoms with van der Waals surface area (Å²) < 4.78 is 39.9. The highest BCUT2D eigenvalue weighted by atomic mass is 35.5. The van der Waals surface area contributed by atoms with Gasteiger partial charge in [-0.2, -0.15) is 13.2 Å². The number of amides is 1. The quantitative estimate of drug-likeness (QED) is 0.654. The number of aryl methyl sites for hydroxylation is 1. The molecule has 9 heteroatoms. The van der Waals surface area contributed by atoms with E-state index >= 15 is 0 Å². The van der Waals surface area contributed by atoms with Gasteiger partial charge in [-0.05, 0) is 37.3 Å². The third-order valence-corrected chi connectivity index (χ3v) is 4.25. The van der Waals surface area contributed by atoms with Gasteiger partial charge in [0.1, 0.15) is 11.3 Å². The Labute approximate surface area is 150 Å². The molecule has 3 aromatic rings. The Balaban J connectivity index is 2.03. The summed E-state index contributed by atoms with van der Waals surface area (Å²) in [6.07, 6.45) is -3.68. The molecule has 0 aliphatic carbocycles. The summed E-state index contributed by atoms with van der Waals surface area (Å²) >= 11 is 11.7. The van der Waals surface area contributed by atoms with Crippen molar-refractivity contribution in [3.8, 4) is 0 Å². The van der Waals surface area contributed by atoms with Gasteiger partial charge in [0.2, 0.25) is 0 Å². The van der Waals surface area contributed by atoms with Gasteiger partial charge in [-0.15, -0.1) is 0 Å². The van der Waals surface area contributed by atoms with E-state index < -0.39 is 17.6 Å². The fourth-order valence-electron chi connectivity index (χ4n) is 2.37. The molecule has 2 heterocycles. The topological polar surface area (TPSA) is 46.4 Å². The maximum Gasteiger partial charge on any atom is 0.417 e. The number of aromatic nitrogens is 2. The Kier molecular flexibility index (Phi) is 4.38. The van der Waals surface area contributed by atoms with Crippen molar-refractivity contribution in [2.75, 3.05) is 5.32 Å². The number of benzene rings is 1. The van der Waals surface area contributed by atoms with Gasteiger partial charge < -0.3 is 5.32 Å². The van der Waals surface area contributed by atoms with Crippen LogP contribution < -0.4 is 5.32 Å². The SMILES string of the molecule is Cc1nc2ccc(C(F)(F)F)cn2c1C(=O)Nc1ccc(Cl)c(Cl)c1. The van der Waals surface area contributed by atoms with Gasteiger partial charge in [0.15, 0.2) is 0 Å². The molecule has 0 atom stereocenters. The van der Waals surface area contributed by atoms with Crippen LogP contribution in [0.3, 0.4) is 0 Å². The molecule has 0 spiro atoms. The third-order valence-electron chi connectivity index (χ3n) is 3.51. The summed E-state index contributed by atoms with van der Waals surface area (Å²) in [7, 11) is 0. The second-order valence-corrected chi connectivity index (χ2v) is 6.09. The molecule has 1 amide bonds. The number of fused-ring (bicyclic) bond motifs is 1. The van der Waals surface area contributed by atoms with Crippen LogP contribution in [0.1, 0.15) is 21.7 Å². The average Bonchev–Trinajstić information content (AvgIpc) is 2.85. The van der Waals surface area contributed by atoms with Gasteiger partial charge in [0, 0.05) is 11.9 Å². The standard InChI is InChI=1S/C16H10Cl2F3N3O/c1-8-14(15(25)23-10-3-4-11(17)12(18)6-10)24-7-9(16(19,20)21)2-5-13(24)22-8/h2-7H,1H3,(H,23,25). The highest BCUT2D eigenvalue weighted by molar-refractivity contribution is 6.42. The lowest BCUT2D eigenvalue weighted by Gasteiger charge is -2.09. The fourth-order valence-corrected chi connectivity index (χ4v) is 2.67. The molecule has 0 saturated carbocycles. The Morgan fingerprint density at radius 1 is 1.16 bits per heavy atom. The number of carbonyl (C=O) groups excluding carboxylic acids is 1. The van der Waals surface area contributed by atoms with E-state index in [0.717, 1.165) is 16.7 Å². The van der Waals surface area contributed by atoms with Crippen LogP contribution in [0.2, 0.25) is 10.0 Å². The molecule has 0 aliphatic rings. The Morgan fingerprint density at radius 3 is 2.52 bits per heavy atom. The highest BCUT2D eigenvalue weighted by Crippen LogP contribution is 2.30. The number of hydrogen-bond acceptors (Lipinski definition) is 2.